The molecule has 0 spiro atoms. The highest BCUT2D eigenvalue weighted by atomic mass is 35.5. The molecule has 5 aliphatic rings. The third kappa shape index (κ3) is 4.90. The lowest BCUT2D eigenvalue weighted by atomic mass is 9.51. The van der Waals surface area contributed by atoms with Gasteiger partial charge in [0.05, 0.1) is 0 Å². The van der Waals surface area contributed by atoms with Crippen molar-refractivity contribution in [2.24, 2.45) is 35.5 Å². The van der Waals surface area contributed by atoms with Crippen LogP contribution >= 0.6 is 24.0 Å². The molecule has 1 nitrogen and oxygen atoms in total. The minimum absolute atomic E-state index is 0. The monoisotopic (exact) mass is 461 g/mol. The van der Waals surface area contributed by atoms with Crippen molar-refractivity contribution in [3.8, 4) is 0 Å². The molecule has 1 aromatic carbocycles. The second-order valence-electron chi connectivity index (χ2n) is 11.1. The Labute approximate surface area is 201 Å². The lowest BCUT2D eigenvalue weighted by Gasteiger charge is -2.54. The SMILES string of the molecule is C=CC(Cc1ccc(C2C3CC4CC(C3)CC2C4)c(Cl)c1)C1CCC(NCC)CC1.Cl. The topological polar surface area (TPSA) is 12.0 Å². The van der Waals surface area contributed by atoms with E-state index in [1.54, 1.807) is 0 Å². The van der Waals surface area contributed by atoms with E-state index in [4.69, 9.17) is 11.6 Å². The Hall–Kier alpha value is -0.500. The number of nitrogens with one attached hydrogen (secondary N) is 1. The van der Waals surface area contributed by atoms with Gasteiger partial charge in [-0.05, 0) is 129 Å². The van der Waals surface area contributed by atoms with E-state index >= 15 is 0 Å². The predicted octanol–water partition coefficient (Wildman–Crippen LogP) is 7.81. The van der Waals surface area contributed by atoms with Gasteiger partial charge < -0.3 is 5.32 Å². The van der Waals surface area contributed by atoms with Crippen LogP contribution in [0.3, 0.4) is 0 Å². The van der Waals surface area contributed by atoms with Crippen LogP contribution in [0.15, 0.2) is 30.9 Å². The van der Waals surface area contributed by atoms with Gasteiger partial charge in [0.15, 0.2) is 0 Å². The smallest absolute Gasteiger partial charge is 0.0443 e. The minimum atomic E-state index is 0. The van der Waals surface area contributed by atoms with Crippen molar-refractivity contribution in [3.63, 3.8) is 0 Å². The summed E-state index contributed by atoms with van der Waals surface area (Å²) < 4.78 is 0. The molecule has 5 aliphatic carbocycles. The third-order valence-electron chi connectivity index (χ3n) is 9.30. The van der Waals surface area contributed by atoms with Crippen LogP contribution in [0.4, 0.5) is 0 Å². The van der Waals surface area contributed by atoms with E-state index in [1.807, 2.05) is 0 Å². The minimum Gasteiger partial charge on any atom is -0.314 e. The zero-order chi connectivity index (χ0) is 20.7. The van der Waals surface area contributed by atoms with Gasteiger partial charge in [-0.3, -0.25) is 0 Å². The maximum Gasteiger partial charge on any atom is 0.0443 e. The van der Waals surface area contributed by atoms with E-state index < -0.39 is 0 Å². The van der Waals surface area contributed by atoms with E-state index in [1.165, 1.54) is 68.9 Å². The summed E-state index contributed by atoms with van der Waals surface area (Å²) in [4.78, 5) is 0. The van der Waals surface area contributed by atoms with Crippen LogP contribution in [-0.4, -0.2) is 12.6 Å². The number of hydrogen-bond acceptors (Lipinski definition) is 1. The van der Waals surface area contributed by atoms with Crippen LogP contribution in [0.1, 0.15) is 81.8 Å². The molecule has 1 atom stereocenters. The molecule has 172 valence electrons. The zero-order valence-corrected chi connectivity index (χ0v) is 20.8. The molecule has 0 heterocycles. The zero-order valence-electron chi connectivity index (χ0n) is 19.2. The number of hydrogen-bond donors (Lipinski definition) is 1. The highest BCUT2D eigenvalue weighted by molar-refractivity contribution is 6.31. The molecule has 0 aromatic heterocycles. The number of rotatable bonds is 7. The standard InChI is InChI=1S/C28H40ClN.ClH/c1-3-21(22-6-8-25(9-7-22)30-4-2)12-18-5-10-26(27(29)17-18)28-23-13-19-11-20(15-23)16-24(28)14-19;/h3,5,10,17,19-25,28,30H,1,4,6-9,11-16H2,2H3;1H. The van der Waals surface area contributed by atoms with E-state index in [2.05, 4.69) is 43.1 Å². The van der Waals surface area contributed by atoms with Gasteiger partial charge in [0.2, 0.25) is 0 Å². The number of allylic oxidation sites excluding steroid dienone is 1. The van der Waals surface area contributed by atoms with Crippen molar-refractivity contribution in [1.82, 2.24) is 5.32 Å². The molecule has 4 bridgehead atoms. The Morgan fingerprint density at radius 2 is 1.68 bits per heavy atom. The van der Waals surface area contributed by atoms with Crippen LogP contribution in [0.2, 0.25) is 5.02 Å². The fourth-order valence-electron chi connectivity index (χ4n) is 8.16. The molecule has 5 fully saturated rings. The van der Waals surface area contributed by atoms with Crippen molar-refractivity contribution >= 4 is 24.0 Å². The van der Waals surface area contributed by atoms with Crippen molar-refractivity contribution in [3.05, 3.63) is 47.0 Å². The molecule has 31 heavy (non-hydrogen) atoms. The molecular weight excluding hydrogens is 421 g/mol. The first-order chi connectivity index (χ1) is 14.6. The van der Waals surface area contributed by atoms with Crippen molar-refractivity contribution in [1.29, 1.82) is 0 Å². The summed E-state index contributed by atoms with van der Waals surface area (Å²) in [6.07, 6.45) is 16.0. The third-order valence-corrected chi connectivity index (χ3v) is 9.62. The lowest BCUT2D eigenvalue weighted by molar-refractivity contribution is -0.00275. The molecule has 0 amide bonds. The molecule has 1 aromatic rings. The van der Waals surface area contributed by atoms with Gasteiger partial charge in [0.25, 0.3) is 0 Å². The lowest BCUT2D eigenvalue weighted by Crippen LogP contribution is -2.43. The van der Waals surface area contributed by atoms with Gasteiger partial charge in [-0.25, -0.2) is 0 Å². The van der Waals surface area contributed by atoms with Crippen LogP contribution in [-0.2, 0) is 6.42 Å². The van der Waals surface area contributed by atoms with Crippen LogP contribution in [0.25, 0.3) is 0 Å². The van der Waals surface area contributed by atoms with Gasteiger partial charge in [-0.1, -0.05) is 36.7 Å². The summed E-state index contributed by atoms with van der Waals surface area (Å²) in [7, 11) is 0. The second kappa shape index (κ2) is 10.2. The molecule has 0 saturated heterocycles. The number of benzene rings is 1. The van der Waals surface area contributed by atoms with E-state index in [9.17, 15) is 0 Å². The predicted molar refractivity (Wildman–Crippen MR) is 135 cm³/mol. The average molecular weight is 463 g/mol. The van der Waals surface area contributed by atoms with Gasteiger partial charge >= 0.3 is 0 Å². The Kier molecular flexibility index (Phi) is 7.77. The molecule has 0 aliphatic heterocycles. The van der Waals surface area contributed by atoms with Crippen LogP contribution in [0, 0.1) is 35.5 Å². The molecule has 1 unspecified atom stereocenters. The fraction of sp³-hybridized carbons (Fsp3) is 0.714. The van der Waals surface area contributed by atoms with Crippen LogP contribution < -0.4 is 5.32 Å². The first-order valence-corrected chi connectivity index (χ1v) is 13.2. The summed E-state index contributed by atoms with van der Waals surface area (Å²) in [5, 5.41) is 4.68. The van der Waals surface area contributed by atoms with Gasteiger partial charge in [0.1, 0.15) is 0 Å². The van der Waals surface area contributed by atoms with Gasteiger partial charge in [0, 0.05) is 11.1 Å². The number of halogens is 2. The van der Waals surface area contributed by atoms with E-state index in [0.29, 0.717) is 5.92 Å². The Morgan fingerprint density at radius 1 is 1.03 bits per heavy atom. The van der Waals surface area contributed by atoms with E-state index in [0.717, 1.165) is 59.5 Å². The normalized spacial score (nSPS) is 37.3. The quantitative estimate of drug-likeness (QED) is 0.408. The average Bonchev–Trinajstić information content (AvgIpc) is 2.73. The summed E-state index contributed by atoms with van der Waals surface area (Å²) in [5.41, 5.74) is 2.88. The van der Waals surface area contributed by atoms with Gasteiger partial charge in [-0.2, -0.15) is 0 Å². The second-order valence-corrected chi connectivity index (χ2v) is 11.5. The summed E-state index contributed by atoms with van der Waals surface area (Å²) >= 11 is 6.95. The molecular formula is C28H41Cl2N. The largest absolute Gasteiger partial charge is 0.314 e. The fourth-order valence-corrected chi connectivity index (χ4v) is 8.48. The van der Waals surface area contributed by atoms with Crippen molar-refractivity contribution in [2.75, 3.05) is 6.54 Å². The Morgan fingerprint density at radius 3 is 2.23 bits per heavy atom. The maximum atomic E-state index is 6.95. The Balaban J connectivity index is 0.00000231. The van der Waals surface area contributed by atoms with Crippen LogP contribution in [0.5, 0.6) is 0 Å². The molecule has 6 rings (SSSR count). The van der Waals surface area contributed by atoms with Crippen molar-refractivity contribution in [2.45, 2.75) is 83.1 Å². The highest BCUT2D eigenvalue weighted by Gasteiger charge is 2.49. The van der Waals surface area contributed by atoms with Gasteiger partial charge in [-0.15, -0.1) is 19.0 Å². The summed E-state index contributed by atoms with van der Waals surface area (Å²) in [5.74, 6) is 5.94. The molecule has 1 N–H and O–H groups in total. The molecule has 0 radical (unpaired) electrons. The highest BCUT2D eigenvalue weighted by Crippen LogP contribution is 2.60. The first-order valence-electron chi connectivity index (χ1n) is 12.8. The van der Waals surface area contributed by atoms with E-state index in [-0.39, 0.29) is 12.4 Å². The first kappa shape index (κ1) is 23.7. The molecule has 3 heteroatoms. The summed E-state index contributed by atoms with van der Waals surface area (Å²) in [6.45, 7) is 7.51. The Bertz CT molecular complexity index is 723. The van der Waals surface area contributed by atoms with Crippen molar-refractivity contribution < 1.29 is 0 Å². The summed E-state index contributed by atoms with van der Waals surface area (Å²) in [6, 6.07) is 7.84. The maximum absolute atomic E-state index is 6.95. The molecule has 5 saturated carbocycles.